The van der Waals surface area contributed by atoms with Crippen LogP contribution in [0.2, 0.25) is 0 Å². The van der Waals surface area contributed by atoms with Crippen molar-refractivity contribution in [1.29, 1.82) is 0 Å². The molecule has 1 aromatic carbocycles. The second-order valence-corrected chi connectivity index (χ2v) is 9.07. The molecule has 0 radical (unpaired) electrons. The number of nitrogens with zero attached hydrogens (tertiary/aromatic N) is 3. The van der Waals surface area contributed by atoms with E-state index in [9.17, 15) is 31.2 Å². The van der Waals surface area contributed by atoms with Crippen LogP contribution in [0.4, 0.5) is 13.2 Å². The van der Waals surface area contributed by atoms with Gasteiger partial charge in [-0.15, -0.1) is 0 Å². The lowest BCUT2D eigenvalue weighted by Crippen LogP contribution is -2.49. The summed E-state index contributed by atoms with van der Waals surface area (Å²) in [4.78, 5) is 26.2. The average Bonchev–Trinajstić information content (AvgIpc) is 2.70. The molecule has 7 nitrogen and oxygen atoms in total. The van der Waals surface area contributed by atoms with Gasteiger partial charge in [0.15, 0.2) is 0 Å². The topological polar surface area (TPSA) is 78.0 Å². The molecular formula is C19H26F3N3O4S. The first-order valence-corrected chi connectivity index (χ1v) is 11.1. The smallest absolute Gasteiger partial charge is 0.340 e. The van der Waals surface area contributed by atoms with Crippen LogP contribution in [0.15, 0.2) is 29.2 Å². The minimum absolute atomic E-state index is 0.0706. The summed E-state index contributed by atoms with van der Waals surface area (Å²) >= 11 is 0. The Morgan fingerprint density at radius 1 is 1.13 bits per heavy atom. The number of halogens is 3. The maximum Gasteiger partial charge on any atom is 0.406 e. The van der Waals surface area contributed by atoms with Gasteiger partial charge in [0.2, 0.25) is 15.9 Å². The van der Waals surface area contributed by atoms with Gasteiger partial charge >= 0.3 is 6.18 Å². The van der Waals surface area contributed by atoms with Gasteiger partial charge in [-0.05, 0) is 24.6 Å². The number of amides is 2. The molecule has 1 aliphatic heterocycles. The number of unbranched alkanes of at least 4 members (excludes halogenated alkanes) is 1. The zero-order valence-electron chi connectivity index (χ0n) is 17.0. The van der Waals surface area contributed by atoms with Gasteiger partial charge in [0.05, 0.1) is 4.90 Å². The summed E-state index contributed by atoms with van der Waals surface area (Å²) in [6.07, 6.45) is -3.54. The molecule has 0 atom stereocenters. The summed E-state index contributed by atoms with van der Waals surface area (Å²) in [5, 5.41) is 0. The van der Waals surface area contributed by atoms with Gasteiger partial charge in [0, 0.05) is 45.2 Å². The summed E-state index contributed by atoms with van der Waals surface area (Å²) in [6.45, 7) is 2.47. The molecule has 168 valence electrons. The van der Waals surface area contributed by atoms with Crippen molar-refractivity contribution >= 4 is 21.8 Å². The standard InChI is InChI=1S/C19H26F3N3O4S/c1-3-4-8-24(14-19(20,21)22)18(27)16-6-5-7-17(13-16)30(28,29)25-11-9-23(10-12-25)15(2)26/h5-7,13H,3-4,8-12,14H2,1-2H3. The van der Waals surface area contributed by atoms with Crippen molar-refractivity contribution in [3.63, 3.8) is 0 Å². The van der Waals surface area contributed by atoms with Gasteiger partial charge in [0.1, 0.15) is 6.54 Å². The number of hydrogen-bond acceptors (Lipinski definition) is 4. The van der Waals surface area contributed by atoms with Crippen LogP contribution in [0.3, 0.4) is 0 Å². The molecule has 1 aromatic rings. The van der Waals surface area contributed by atoms with Crippen LogP contribution in [0.25, 0.3) is 0 Å². The van der Waals surface area contributed by atoms with Crippen molar-refractivity contribution in [2.75, 3.05) is 39.3 Å². The fraction of sp³-hybridized carbons (Fsp3) is 0.579. The quantitative estimate of drug-likeness (QED) is 0.640. The number of hydrogen-bond donors (Lipinski definition) is 0. The van der Waals surface area contributed by atoms with Gasteiger partial charge in [-0.25, -0.2) is 8.42 Å². The predicted octanol–water partition coefficient (Wildman–Crippen LogP) is 2.34. The first-order valence-electron chi connectivity index (χ1n) is 9.67. The van der Waals surface area contributed by atoms with E-state index < -0.39 is 28.7 Å². The molecule has 1 saturated heterocycles. The molecular weight excluding hydrogens is 423 g/mol. The van der Waals surface area contributed by atoms with Gasteiger partial charge in [-0.3, -0.25) is 9.59 Å². The average molecular weight is 449 g/mol. The fourth-order valence-corrected chi connectivity index (χ4v) is 4.65. The molecule has 11 heteroatoms. The van der Waals surface area contributed by atoms with E-state index in [1.165, 1.54) is 34.3 Å². The third-order valence-corrected chi connectivity index (χ3v) is 6.74. The second kappa shape index (κ2) is 9.78. The van der Waals surface area contributed by atoms with Gasteiger partial charge in [0.25, 0.3) is 5.91 Å². The highest BCUT2D eigenvalue weighted by atomic mass is 32.2. The number of carbonyl (C=O) groups is 2. The van der Waals surface area contributed by atoms with E-state index in [0.717, 1.165) is 6.07 Å². The molecule has 1 heterocycles. The van der Waals surface area contributed by atoms with Crippen molar-refractivity contribution in [2.45, 2.75) is 37.8 Å². The maximum absolute atomic E-state index is 12.9. The molecule has 2 rings (SSSR count). The van der Waals surface area contributed by atoms with Crippen LogP contribution in [0, 0.1) is 0 Å². The number of benzene rings is 1. The first kappa shape index (κ1) is 24.1. The van der Waals surface area contributed by atoms with Crippen LogP contribution >= 0.6 is 0 Å². The Balaban J connectivity index is 2.23. The Hall–Kier alpha value is -2.14. The maximum atomic E-state index is 12.9. The zero-order valence-corrected chi connectivity index (χ0v) is 17.8. The van der Waals surface area contributed by atoms with Gasteiger partial charge in [-0.1, -0.05) is 19.4 Å². The van der Waals surface area contributed by atoms with Crippen molar-refractivity contribution in [3.8, 4) is 0 Å². The van der Waals surface area contributed by atoms with Crippen LogP contribution in [-0.2, 0) is 14.8 Å². The Kier molecular flexibility index (Phi) is 7.87. The van der Waals surface area contributed by atoms with E-state index in [1.54, 1.807) is 6.92 Å². The summed E-state index contributed by atoms with van der Waals surface area (Å²) in [7, 11) is -3.94. The van der Waals surface area contributed by atoms with Crippen molar-refractivity contribution in [3.05, 3.63) is 29.8 Å². The Morgan fingerprint density at radius 2 is 1.77 bits per heavy atom. The molecule has 0 aromatic heterocycles. The first-order chi connectivity index (χ1) is 14.0. The lowest BCUT2D eigenvalue weighted by atomic mass is 10.2. The Labute approximate surface area is 174 Å². The molecule has 1 fully saturated rings. The van der Waals surface area contributed by atoms with E-state index in [2.05, 4.69) is 0 Å². The van der Waals surface area contributed by atoms with E-state index in [1.807, 2.05) is 0 Å². The molecule has 0 bridgehead atoms. The molecule has 2 amide bonds. The normalized spacial score (nSPS) is 15.8. The predicted molar refractivity (Wildman–Crippen MR) is 104 cm³/mol. The molecule has 0 unspecified atom stereocenters. The lowest BCUT2D eigenvalue weighted by molar-refractivity contribution is -0.140. The lowest BCUT2D eigenvalue weighted by Gasteiger charge is -2.33. The van der Waals surface area contributed by atoms with Crippen molar-refractivity contribution in [2.24, 2.45) is 0 Å². The Morgan fingerprint density at radius 3 is 2.30 bits per heavy atom. The third-order valence-electron chi connectivity index (χ3n) is 4.84. The van der Waals surface area contributed by atoms with Crippen LogP contribution in [0.1, 0.15) is 37.0 Å². The highest BCUT2D eigenvalue weighted by Crippen LogP contribution is 2.22. The fourth-order valence-electron chi connectivity index (χ4n) is 3.18. The molecule has 0 aliphatic carbocycles. The van der Waals surface area contributed by atoms with E-state index in [0.29, 0.717) is 17.7 Å². The largest absolute Gasteiger partial charge is 0.406 e. The van der Waals surface area contributed by atoms with E-state index in [-0.39, 0.29) is 49.1 Å². The molecule has 0 N–H and O–H groups in total. The number of carbonyl (C=O) groups excluding carboxylic acids is 2. The second-order valence-electron chi connectivity index (χ2n) is 7.13. The molecule has 0 saturated carbocycles. The summed E-state index contributed by atoms with van der Waals surface area (Å²) in [6, 6.07) is 5.08. The van der Waals surface area contributed by atoms with Gasteiger partial charge < -0.3 is 9.80 Å². The molecule has 0 spiro atoms. The van der Waals surface area contributed by atoms with Crippen LogP contribution in [0.5, 0.6) is 0 Å². The highest BCUT2D eigenvalue weighted by molar-refractivity contribution is 7.89. The Bertz CT molecular complexity index is 866. The summed E-state index contributed by atoms with van der Waals surface area (Å²) in [5.41, 5.74) is -0.112. The minimum atomic E-state index is -4.55. The van der Waals surface area contributed by atoms with Crippen molar-refractivity contribution in [1.82, 2.24) is 14.1 Å². The summed E-state index contributed by atoms with van der Waals surface area (Å²) in [5.74, 6) is -1.00. The number of rotatable bonds is 7. The van der Waals surface area contributed by atoms with Crippen molar-refractivity contribution < 1.29 is 31.2 Å². The number of alkyl halides is 3. The monoisotopic (exact) mass is 449 g/mol. The third kappa shape index (κ3) is 6.18. The minimum Gasteiger partial charge on any atom is -0.340 e. The molecule has 30 heavy (non-hydrogen) atoms. The zero-order chi connectivity index (χ0) is 22.5. The summed E-state index contributed by atoms with van der Waals surface area (Å²) < 4.78 is 65.7. The highest BCUT2D eigenvalue weighted by Gasteiger charge is 2.34. The van der Waals surface area contributed by atoms with Crippen LogP contribution < -0.4 is 0 Å². The SMILES string of the molecule is CCCCN(CC(F)(F)F)C(=O)c1cccc(S(=O)(=O)N2CCN(C(C)=O)CC2)c1. The number of piperazine rings is 1. The van der Waals surface area contributed by atoms with E-state index in [4.69, 9.17) is 0 Å². The molecule has 1 aliphatic rings. The van der Waals surface area contributed by atoms with E-state index >= 15 is 0 Å². The van der Waals surface area contributed by atoms with Gasteiger partial charge in [-0.2, -0.15) is 17.5 Å². The van der Waals surface area contributed by atoms with Crippen LogP contribution in [-0.4, -0.2) is 79.8 Å². The number of sulfonamides is 1.